The highest BCUT2D eigenvalue weighted by molar-refractivity contribution is 9.08. The third-order valence-corrected chi connectivity index (χ3v) is 3.95. The van der Waals surface area contributed by atoms with Crippen molar-refractivity contribution in [3.05, 3.63) is 18.0 Å². The molecule has 0 unspecified atom stereocenters. The normalized spacial score (nSPS) is 11.0. The summed E-state index contributed by atoms with van der Waals surface area (Å²) in [5, 5.41) is 0.807. The summed E-state index contributed by atoms with van der Waals surface area (Å²) in [6.07, 6.45) is 4.94. The van der Waals surface area contributed by atoms with E-state index in [-0.39, 0.29) is 0 Å². The molecule has 0 radical (unpaired) electrons. The molecule has 0 atom stereocenters. The van der Waals surface area contributed by atoms with E-state index in [1.165, 1.54) is 0 Å². The lowest BCUT2D eigenvalue weighted by molar-refractivity contribution is 0.300. The third kappa shape index (κ3) is 5.45. The van der Waals surface area contributed by atoms with Gasteiger partial charge in [0.25, 0.3) is 0 Å². The van der Waals surface area contributed by atoms with Crippen molar-refractivity contribution in [3.8, 4) is 0 Å². The molecule has 4 nitrogen and oxygen atoms in total. The van der Waals surface area contributed by atoms with Gasteiger partial charge in [-0.05, 0) is 38.5 Å². The van der Waals surface area contributed by atoms with Crippen LogP contribution in [0, 0.1) is 0 Å². The average Bonchev–Trinajstić information content (AvgIpc) is 2.48. The van der Waals surface area contributed by atoms with Crippen molar-refractivity contribution in [2.24, 2.45) is 0 Å². The lowest BCUT2D eigenvalue weighted by atomic mass is 10.3. The zero-order valence-corrected chi connectivity index (χ0v) is 13.9. The van der Waals surface area contributed by atoms with E-state index in [1.54, 1.807) is 0 Å². The van der Waals surface area contributed by atoms with E-state index < -0.39 is 0 Å². The molecule has 0 aliphatic rings. The zero-order chi connectivity index (χ0) is 14.1. The predicted octanol–water partition coefficient (Wildman–Crippen LogP) is 2.93. The summed E-state index contributed by atoms with van der Waals surface area (Å²) in [5.41, 5.74) is 1.11. The largest absolute Gasteiger partial charge is 0.341 e. The Balaban J connectivity index is 2.48. The molecule has 0 spiro atoms. The molecule has 1 aromatic rings. The Bertz CT molecular complexity index is 338. The fraction of sp³-hybridized carbons (Fsp3) is 0.714. The van der Waals surface area contributed by atoms with Crippen LogP contribution in [0.4, 0.5) is 5.95 Å². The first-order chi connectivity index (χ1) is 9.24. The van der Waals surface area contributed by atoms with Gasteiger partial charge in [0.2, 0.25) is 5.95 Å². The van der Waals surface area contributed by atoms with Crippen molar-refractivity contribution >= 4 is 21.9 Å². The van der Waals surface area contributed by atoms with Crippen LogP contribution in [0.25, 0.3) is 0 Å². The summed E-state index contributed by atoms with van der Waals surface area (Å²) >= 11 is 3.41. The molecule has 1 aromatic heterocycles. The SMILES string of the molecule is CCN(CC)CCCN(CC)c1ncc(CBr)cn1. The summed E-state index contributed by atoms with van der Waals surface area (Å²) in [6.45, 7) is 11.9. The third-order valence-electron chi connectivity index (χ3n) is 3.31. The Morgan fingerprint density at radius 2 is 1.63 bits per heavy atom. The quantitative estimate of drug-likeness (QED) is 0.652. The first kappa shape index (κ1) is 16.4. The first-order valence-corrected chi connectivity index (χ1v) is 8.21. The Labute approximate surface area is 125 Å². The van der Waals surface area contributed by atoms with E-state index in [0.717, 1.165) is 56.0 Å². The van der Waals surface area contributed by atoms with Gasteiger partial charge in [0.05, 0.1) is 0 Å². The van der Waals surface area contributed by atoms with Crippen LogP contribution in [-0.2, 0) is 5.33 Å². The molecule has 0 aliphatic heterocycles. The van der Waals surface area contributed by atoms with Crippen LogP contribution >= 0.6 is 15.9 Å². The molecule has 0 amide bonds. The minimum Gasteiger partial charge on any atom is -0.341 e. The molecule has 0 saturated heterocycles. The van der Waals surface area contributed by atoms with E-state index >= 15 is 0 Å². The standard InChI is InChI=1S/C14H25BrN4/c1-4-18(5-2)8-7-9-19(6-3)14-16-11-13(10-15)12-17-14/h11-12H,4-10H2,1-3H3. The number of hydrogen-bond donors (Lipinski definition) is 0. The Hall–Kier alpha value is -0.680. The first-order valence-electron chi connectivity index (χ1n) is 7.09. The number of alkyl halides is 1. The molecule has 0 aliphatic carbocycles. The number of anilines is 1. The van der Waals surface area contributed by atoms with Crippen molar-refractivity contribution in [2.45, 2.75) is 32.5 Å². The highest BCUT2D eigenvalue weighted by atomic mass is 79.9. The van der Waals surface area contributed by atoms with Crippen LogP contribution in [0.2, 0.25) is 0 Å². The van der Waals surface area contributed by atoms with E-state index in [0.29, 0.717) is 0 Å². The van der Waals surface area contributed by atoms with Crippen LogP contribution < -0.4 is 4.90 Å². The molecule has 0 saturated carbocycles. The van der Waals surface area contributed by atoms with Gasteiger partial charge in [0.1, 0.15) is 0 Å². The number of halogens is 1. The summed E-state index contributed by atoms with van der Waals surface area (Å²) in [5.74, 6) is 0.840. The van der Waals surface area contributed by atoms with Crippen molar-refractivity contribution in [1.29, 1.82) is 0 Å². The van der Waals surface area contributed by atoms with Gasteiger partial charge in [-0.2, -0.15) is 0 Å². The van der Waals surface area contributed by atoms with E-state index in [4.69, 9.17) is 0 Å². The van der Waals surface area contributed by atoms with Crippen LogP contribution in [-0.4, -0.2) is 47.6 Å². The number of aromatic nitrogens is 2. The van der Waals surface area contributed by atoms with Gasteiger partial charge in [0.15, 0.2) is 0 Å². The number of nitrogens with zero attached hydrogens (tertiary/aromatic N) is 4. The molecule has 0 bridgehead atoms. The summed E-state index contributed by atoms with van der Waals surface area (Å²) < 4.78 is 0. The summed E-state index contributed by atoms with van der Waals surface area (Å²) in [7, 11) is 0. The van der Waals surface area contributed by atoms with E-state index in [1.807, 2.05) is 12.4 Å². The average molecular weight is 329 g/mol. The van der Waals surface area contributed by atoms with Crippen molar-refractivity contribution < 1.29 is 0 Å². The fourth-order valence-corrected chi connectivity index (χ4v) is 2.29. The molecule has 0 fully saturated rings. The molecular weight excluding hydrogens is 304 g/mol. The maximum absolute atomic E-state index is 4.43. The molecule has 1 heterocycles. The molecule has 108 valence electrons. The van der Waals surface area contributed by atoms with Crippen LogP contribution in [0.5, 0.6) is 0 Å². The minimum atomic E-state index is 0.807. The van der Waals surface area contributed by atoms with Gasteiger partial charge in [-0.15, -0.1) is 0 Å². The van der Waals surface area contributed by atoms with Gasteiger partial charge in [-0.3, -0.25) is 0 Å². The lowest BCUT2D eigenvalue weighted by Gasteiger charge is -2.23. The second-order valence-electron chi connectivity index (χ2n) is 4.49. The molecule has 5 heteroatoms. The molecular formula is C14H25BrN4. The van der Waals surface area contributed by atoms with Gasteiger partial charge in [-0.1, -0.05) is 29.8 Å². The van der Waals surface area contributed by atoms with Crippen LogP contribution in [0.3, 0.4) is 0 Å². The highest BCUT2D eigenvalue weighted by Gasteiger charge is 2.08. The zero-order valence-electron chi connectivity index (χ0n) is 12.3. The van der Waals surface area contributed by atoms with E-state index in [2.05, 4.69) is 56.5 Å². The second-order valence-corrected chi connectivity index (χ2v) is 5.05. The van der Waals surface area contributed by atoms with Gasteiger partial charge >= 0.3 is 0 Å². The Kier molecular flexibility index (Phi) is 7.98. The molecule has 0 N–H and O–H groups in total. The van der Waals surface area contributed by atoms with Crippen LogP contribution in [0.15, 0.2) is 12.4 Å². The van der Waals surface area contributed by atoms with Crippen LogP contribution in [0.1, 0.15) is 32.8 Å². The predicted molar refractivity (Wildman–Crippen MR) is 85.0 cm³/mol. The maximum atomic E-state index is 4.43. The Morgan fingerprint density at radius 3 is 2.11 bits per heavy atom. The lowest BCUT2D eigenvalue weighted by Crippen LogP contribution is -2.30. The van der Waals surface area contributed by atoms with Crippen molar-refractivity contribution in [2.75, 3.05) is 37.6 Å². The second kappa shape index (κ2) is 9.26. The maximum Gasteiger partial charge on any atom is 0.225 e. The fourth-order valence-electron chi connectivity index (χ4n) is 2.00. The van der Waals surface area contributed by atoms with Gasteiger partial charge in [-0.25, -0.2) is 9.97 Å². The Morgan fingerprint density at radius 1 is 1.00 bits per heavy atom. The summed E-state index contributed by atoms with van der Waals surface area (Å²) in [4.78, 5) is 13.5. The van der Waals surface area contributed by atoms with Crippen molar-refractivity contribution in [3.63, 3.8) is 0 Å². The van der Waals surface area contributed by atoms with Gasteiger partial charge in [0, 0.05) is 30.8 Å². The summed E-state index contributed by atoms with van der Waals surface area (Å²) in [6, 6.07) is 0. The monoisotopic (exact) mass is 328 g/mol. The van der Waals surface area contributed by atoms with Gasteiger partial charge < -0.3 is 9.80 Å². The van der Waals surface area contributed by atoms with Crippen molar-refractivity contribution in [1.82, 2.24) is 14.9 Å². The topological polar surface area (TPSA) is 32.3 Å². The minimum absolute atomic E-state index is 0.807. The van der Waals surface area contributed by atoms with E-state index in [9.17, 15) is 0 Å². The number of rotatable bonds is 9. The molecule has 19 heavy (non-hydrogen) atoms. The highest BCUT2D eigenvalue weighted by Crippen LogP contribution is 2.09. The number of hydrogen-bond acceptors (Lipinski definition) is 4. The molecule has 0 aromatic carbocycles. The molecule has 1 rings (SSSR count). The smallest absolute Gasteiger partial charge is 0.225 e.